The number of unbranched alkanes of at least 4 members (excludes halogenated alkanes) is 7. The lowest BCUT2D eigenvalue weighted by atomic mass is 9.91. The van der Waals surface area contributed by atoms with Crippen molar-refractivity contribution in [1.29, 1.82) is 0 Å². The number of aliphatic hydroxyl groups is 6. The van der Waals surface area contributed by atoms with Gasteiger partial charge >= 0.3 is 11.9 Å². The molecule has 9 nitrogen and oxygen atoms in total. The van der Waals surface area contributed by atoms with Crippen molar-refractivity contribution in [2.45, 2.75) is 115 Å². The zero-order valence-electron chi connectivity index (χ0n) is 18.9. The Labute approximate surface area is 185 Å². The first kappa shape index (κ1) is 29.9. The molecule has 0 aromatic rings. The summed E-state index contributed by atoms with van der Waals surface area (Å²) in [5.41, 5.74) is 0. The zero-order valence-corrected chi connectivity index (χ0v) is 18.9. The maximum absolute atomic E-state index is 12.5. The van der Waals surface area contributed by atoms with E-state index in [0.717, 1.165) is 51.4 Å². The molecule has 0 aliphatic rings. The standard InChI is InChI=1S/C22H42O9/c1-3-5-7-9-11-13-16(24)15(12-10-8-6-4-2)21(29)31-22(30)20(28)19(27)18(26)17(25)14-23/h15-20,23-28H,3-14H2,1-2H3/t15?,16?,17-,18-,19+,20-/m1/s1. The van der Waals surface area contributed by atoms with Gasteiger partial charge in [-0.15, -0.1) is 0 Å². The number of carbonyl (C=O) groups excluding carboxylic acids is 2. The number of esters is 2. The number of carbonyl (C=O) groups is 2. The second-order valence-corrected chi connectivity index (χ2v) is 8.14. The molecule has 0 rings (SSSR count). The van der Waals surface area contributed by atoms with E-state index in [0.29, 0.717) is 19.3 Å². The molecule has 2 unspecified atom stereocenters. The van der Waals surface area contributed by atoms with Crippen molar-refractivity contribution >= 4 is 11.9 Å². The van der Waals surface area contributed by atoms with Crippen LogP contribution >= 0.6 is 0 Å². The van der Waals surface area contributed by atoms with E-state index in [1.54, 1.807) is 0 Å². The lowest BCUT2D eigenvalue weighted by Crippen LogP contribution is -2.49. The predicted octanol–water partition coefficient (Wildman–Crippen LogP) is 0.800. The average Bonchev–Trinajstić information content (AvgIpc) is 2.76. The van der Waals surface area contributed by atoms with Gasteiger partial charge in [-0.25, -0.2) is 4.79 Å². The summed E-state index contributed by atoms with van der Waals surface area (Å²) in [7, 11) is 0. The molecular weight excluding hydrogens is 408 g/mol. The van der Waals surface area contributed by atoms with Crippen LogP contribution in [0.1, 0.15) is 84.5 Å². The van der Waals surface area contributed by atoms with Crippen LogP contribution in [0.4, 0.5) is 0 Å². The first-order chi connectivity index (χ1) is 14.7. The van der Waals surface area contributed by atoms with Crippen LogP contribution in [-0.2, 0) is 14.3 Å². The van der Waals surface area contributed by atoms with Gasteiger partial charge in [-0.2, -0.15) is 0 Å². The fourth-order valence-corrected chi connectivity index (χ4v) is 3.31. The van der Waals surface area contributed by atoms with Gasteiger partial charge in [0.15, 0.2) is 6.10 Å². The van der Waals surface area contributed by atoms with E-state index in [9.17, 15) is 35.1 Å². The first-order valence-electron chi connectivity index (χ1n) is 11.5. The second-order valence-electron chi connectivity index (χ2n) is 8.14. The van der Waals surface area contributed by atoms with Gasteiger partial charge in [-0.05, 0) is 12.8 Å². The van der Waals surface area contributed by atoms with E-state index < -0.39 is 55.0 Å². The molecule has 184 valence electrons. The van der Waals surface area contributed by atoms with E-state index in [2.05, 4.69) is 11.7 Å². The van der Waals surface area contributed by atoms with Gasteiger partial charge in [0.25, 0.3) is 0 Å². The van der Waals surface area contributed by atoms with Crippen LogP contribution in [0.5, 0.6) is 0 Å². The van der Waals surface area contributed by atoms with Crippen molar-refractivity contribution in [1.82, 2.24) is 0 Å². The average molecular weight is 451 g/mol. The van der Waals surface area contributed by atoms with Gasteiger partial charge in [0.05, 0.1) is 18.6 Å². The Morgan fingerprint density at radius 2 is 1.19 bits per heavy atom. The third kappa shape index (κ3) is 11.9. The van der Waals surface area contributed by atoms with Crippen molar-refractivity contribution in [2.75, 3.05) is 6.61 Å². The van der Waals surface area contributed by atoms with Gasteiger partial charge < -0.3 is 35.4 Å². The minimum Gasteiger partial charge on any atom is -0.394 e. The molecule has 0 heterocycles. The fourth-order valence-electron chi connectivity index (χ4n) is 3.31. The van der Waals surface area contributed by atoms with Crippen LogP contribution in [0.15, 0.2) is 0 Å². The lowest BCUT2D eigenvalue weighted by molar-refractivity contribution is -0.180. The van der Waals surface area contributed by atoms with Gasteiger partial charge in [0.1, 0.15) is 18.3 Å². The van der Waals surface area contributed by atoms with Crippen molar-refractivity contribution in [3.05, 3.63) is 0 Å². The summed E-state index contributed by atoms with van der Waals surface area (Å²) in [6.07, 6.45) is -0.125. The molecule has 0 aliphatic carbocycles. The molecule has 6 N–H and O–H groups in total. The van der Waals surface area contributed by atoms with E-state index in [1.165, 1.54) is 0 Å². The minimum atomic E-state index is -2.30. The highest BCUT2D eigenvalue weighted by Gasteiger charge is 2.38. The largest absolute Gasteiger partial charge is 0.394 e. The van der Waals surface area contributed by atoms with Crippen LogP contribution in [-0.4, -0.2) is 79.7 Å². The number of rotatable bonds is 18. The third-order valence-electron chi connectivity index (χ3n) is 5.44. The first-order valence-corrected chi connectivity index (χ1v) is 11.5. The molecule has 9 heteroatoms. The van der Waals surface area contributed by atoms with Crippen LogP contribution in [0.3, 0.4) is 0 Å². The monoisotopic (exact) mass is 450 g/mol. The molecule has 0 aromatic carbocycles. The van der Waals surface area contributed by atoms with E-state index in [4.69, 9.17) is 5.11 Å². The minimum absolute atomic E-state index is 0.326. The molecule has 0 amide bonds. The Kier molecular flexibility index (Phi) is 16.8. The summed E-state index contributed by atoms with van der Waals surface area (Å²) in [4.78, 5) is 24.6. The predicted molar refractivity (Wildman–Crippen MR) is 114 cm³/mol. The van der Waals surface area contributed by atoms with Crippen molar-refractivity contribution in [3.63, 3.8) is 0 Å². The fraction of sp³-hybridized carbons (Fsp3) is 0.909. The molecule has 0 aromatic heterocycles. The summed E-state index contributed by atoms with van der Waals surface area (Å²) >= 11 is 0. The Balaban J connectivity index is 4.92. The molecule has 31 heavy (non-hydrogen) atoms. The molecule has 0 spiro atoms. The molecular formula is C22H42O9. The van der Waals surface area contributed by atoms with E-state index in [1.807, 2.05) is 6.92 Å². The summed E-state index contributed by atoms with van der Waals surface area (Å²) in [6.45, 7) is 3.25. The normalized spacial score (nSPS) is 17.4. The highest BCUT2D eigenvalue weighted by atomic mass is 16.6. The molecule has 0 aliphatic heterocycles. The van der Waals surface area contributed by atoms with E-state index >= 15 is 0 Å². The topological polar surface area (TPSA) is 165 Å². The Morgan fingerprint density at radius 3 is 1.74 bits per heavy atom. The summed E-state index contributed by atoms with van der Waals surface area (Å²) in [5, 5.41) is 57.9. The Morgan fingerprint density at radius 1 is 0.677 bits per heavy atom. The van der Waals surface area contributed by atoms with Crippen LogP contribution < -0.4 is 0 Å². The van der Waals surface area contributed by atoms with Crippen LogP contribution in [0, 0.1) is 5.92 Å². The highest BCUT2D eigenvalue weighted by molar-refractivity contribution is 5.89. The van der Waals surface area contributed by atoms with Gasteiger partial charge in [-0.3, -0.25) is 4.79 Å². The molecule has 0 fully saturated rings. The van der Waals surface area contributed by atoms with Crippen molar-refractivity contribution in [2.24, 2.45) is 5.92 Å². The lowest BCUT2D eigenvalue weighted by Gasteiger charge is -2.25. The van der Waals surface area contributed by atoms with Crippen molar-refractivity contribution in [3.8, 4) is 0 Å². The number of aliphatic hydroxyl groups excluding tert-OH is 6. The number of ether oxygens (including phenoxy) is 1. The SMILES string of the molecule is CCCCCCCC(O)C(CCCCCC)C(=O)OC(=O)[C@H](O)[C@@H](O)[C@H](O)[C@H](O)CO. The smallest absolute Gasteiger partial charge is 0.345 e. The Hall–Kier alpha value is -1.10. The van der Waals surface area contributed by atoms with Gasteiger partial charge in [0, 0.05) is 0 Å². The quantitative estimate of drug-likeness (QED) is 0.101. The Bertz CT molecular complexity index is 486. The highest BCUT2D eigenvalue weighted by Crippen LogP contribution is 2.22. The summed E-state index contributed by atoms with van der Waals surface area (Å²) in [5.74, 6) is -3.43. The van der Waals surface area contributed by atoms with Gasteiger partial charge in [-0.1, -0.05) is 71.6 Å². The number of hydrogen-bond donors (Lipinski definition) is 6. The third-order valence-corrected chi connectivity index (χ3v) is 5.44. The van der Waals surface area contributed by atoms with Gasteiger partial charge in [0.2, 0.25) is 0 Å². The maximum atomic E-state index is 12.5. The second kappa shape index (κ2) is 17.5. The maximum Gasteiger partial charge on any atom is 0.345 e. The summed E-state index contributed by atoms with van der Waals surface area (Å²) in [6, 6.07) is 0. The molecule has 0 bridgehead atoms. The van der Waals surface area contributed by atoms with Crippen LogP contribution in [0.2, 0.25) is 0 Å². The zero-order chi connectivity index (χ0) is 23.8. The van der Waals surface area contributed by atoms with Crippen molar-refractivity contribution < 1.29 is 45.0 Å². The number of hydrogen-bond acceptors (Lipinski definition) is 9. The summed E-state index contributed by atoms with van der Waals surface area (Å²) < 4.78 is 4.68. The van der Waals surface area contributed by atoms with E-state index in [-0.39, 0.29) is 0 Å². The van der Waals surface area contributed by atoms with Crippen LogP contribution in [0.25, 0.3) is 0 Å². The molecule has 0 radical (unpaired) electrons. The molecule has 0 saturated carbocycles. The molecule has 6 atom stereocenters. The molecule has 0 saturated heterocycles.